The van der Waals surface area contributed by atoms with Gasteiger partial charge in [0.1, 0.15) is 23.0 Å². The van der Waals surface area contributed by atoms with E-state index in [1.165, 1.54) is 32.3 Å². The Balaban J connectivity index is 1.76. The van der Waals surface area contributed by atoms with Gasteiger partial charge in [0.25, 0.3) is 0 Å². The number of hydrogen-bond acceptors (Lipinski definition) is 4. The molecule has 4 nitrogen and oxygen atoms in total. The first-order valence-corrected chi connectivity index (χ1v) is 23.3. The summed E-state index contributed by atoms with van der Waals surface area (Å²) in [6.45, 7) is 22.6. The molecule has 0 spiro atoms. The Morgan fingerprint density at radius 2 is 0.559 bits per heavy atom. The van der Waals surface area contributed by atoms with E-state index in [2.05, 4.69) is 178 Å². The molecule has 6 aromatic carbocycles. The first kappa shape index (κ1) is 43.9. The Bertz CT molecular complexity index is 2040. The van der Waals surface area contributed by atoms with E-state index in [1.807, 2.05) is 0 Å². The maximum absolute atomic E-state index is 5.97. The van der Waals surface area contributed by atoms with Crippen LogP contribution in [0.25, 0.3) is 0 Å². The fourth-order valence-corrected chi connectivity index (χ4v) is 16.8. The van der Waals surface area contributed by atoms with Crippen LogP contribution in [0.4, 0.5) is 0 Å². The summed E-state index contributed by atoms with van der Waals surface area (Å²) in [6.07, 6.45) is 0. The Morgan fingerprint density at radius 1 is 0.356 bits per heavy atom. The molecular formula is C53H62O4P2. The highest BCUT2D eigenvalue weighted by atomic mass is 31.1. The van der Waals surface area contributed by atoms with Crippen molar-refractivity contribution < 1.29 is 18.9 Å². The molecule has 0 saturated heterocycles. The molecule has 6 aromatic rings. The molecule has 0 amide bonds. The van der Waals surface area contributed by atoms with Crippen LogP contribution >= 0.6 is 15.8 Å². The number of aryl methyl sites for hydroxylation is 8. The normalized spacial score (nSPS) is 12.7. The molecule has 0 aliphatic rings. The largest absolute Gasteiger partial charge is 0.496 e. The zero-order chi connectivity index (χ0) is 42.8. The summed E-state index contributed by atoms with van der Waals surface area (Å²) in [6, 6.07) is 41.8. The molecular weight excluding hydrogens is 763 g/mol. The summed E-state index contributed by atoms with van der Waals surface area (Å²) in [5, 5.41) is 5.35. The van der Waals surface area contributed by atoms with E-state index >= 15 is 0 Å². The van der Waals surface area contributed by atoms with Crippen molar-refractivity contribution in [2.24, 2.45) is 5.41 Å². The standard InChI is InChI=1S/C53H62O4P2/c1-33-25-43(26-34(2)47(33)54-11)58(44-27-35(3)48(55-12)36(4)28-44)51(41-21-17-15-18-22-41)53(9,10)52(42-23-19-16-20-24-42)59(45-29-37(5)49(56-13)38(6)30-45)46-31-39(7)50(57-14)40(8)32-46/h15-32,51-52H,1-14H3. The van der Waals surface area contributed by atoms with Gasteiger partial charge in [0.05, 0.1) is 28.4 Å². The van der Waals surface area contributed by atoms with Gasteiger partial charge in [-0.05, 0) is 202 Å². The summed E-state index contributed by atoms with van der Waals surface area (Å²) in [5.41, 5.74) is 11.7. The van der Waals surface area contributed by atoms with Crippen molar-refractivity contribution in [1.29, 1.82) is 0 Å². The molecule has 2 unspecified atom stereocenters. The fourth-order valence-electron chi connectivity index (χ4n) is 9.69. The predicted octanol–water partition coefficient (Wildman–Crippen LogP) is 12.3. The highest BCUT2D eigenvalue weighted by Gasteiger charge is 2.48. The van der Waals surface area contributed by atoms with E-state index in [-0.39, 0.29) is 16.7 Å². The monoisotopic (exact) mass is 824 g/mol. The first-order valence-electron chi connectivity index (χ1n) is 20.5. The zero-order valence-electron chi connectivity index (χ0n) is 37.6. The second-order valence-corrected chi connectivity index (χ2v) is 21.2. The van der Waals surface area contributed by atoms with E-state index < -0.39 is 15.8 Å². The minimum atomic E-state index is -1.04. The summed E-state index contributed by atoms with van der Waals surface area (Å²) in [7, 11) is 5.03. The van der Waals surface area contributed by atoms with Crippen LogP contribution in [-0.4, -0.2) is 28.4 Å². The lowest BCUT2D eigenvalue weighted by Crippen LogP contribution is -2.36. The average molecular weight is 825 g/mol. The van der Waals surface area contributed by atoms with Crippen LogP contribution in [0.3, 0.4) is 0 Å². The van der Waals surface area contributed by atoms with Gasteiger partial charge in [-0.15, -0.1) is 0 Å². The van der Waals surface area contributed by atoms with Gasteiger partial charge in [0.15, 0.2) is 0 Å². The molecule has 0 heterocycles. The van der Waals surface area contributed by atoms with Crippen LogP contribution in [0.2, 0.25) is 0 Å². The quantitative estimate of drug-likeness (QED) is 0.103. The lowest BCUT2D eigenvalue weighted by atomic mass is 9.79. The Labute approximate surface area is 356 Å². The molecule has 0 aromatic heterocycles. The van der Waals surface area contributed by atoms with E-state index in [0.29, 0.717) is 0 Å². The van der Waals surface area contributed by atoms with Crippen molar-refractivity contribution in [3.63, 3.8) is 0 Å². The molecule has 0 bridgehead atoms. The van der Waals surface area contributed by atoms with Crippen molar-refractivity contribution in [2.75, 3.05) is 28.4 Å². The predicted molar refractivity (Wildman–Crippen MR) is 254 cm³/mol. The molecule has 0 saturated carbocycles. The van der Waals surface area contributed by atoms with E-state index in [9.17, 15) is 0 Å². The highest BCUT2D eigenvalue weighted by molar-refractivity contribution is 7.74. The third kappa shape index (κ3) is 8.68. The van der Waals surface area contributed by atoms with Crippen LogP contribution in [0.5, 0.6) is 23.0 Å². The molecule has 0 N–H and O–H groups in total. The zero-order valence-corrected chi connectivity index (χ0v) is 39.4. The maximum Gasteiger partial charge on any atom is 0.124 e. The lowest BCUT2D eigenvalue weighted by molar-refractivity contribution is 0.338. The fraction of sp³-hybridized carbons (Fsp3) is 0.321. The summed E-state index contributed by atoms with van der Waals surface area (Å²) < 4.78 is 23.9. The van der Waals surface area contributed by atoms with Crippen LogP contribution in [0.1, 0.15) is 80.8 Å². The van der Waals surface area contributed by atoms with E-state index in [1.54, 1.807) is 28.4 Å². The second-order valence-electron chi connectivity index (χ2n) is 16.6. The van der Waals surface area contributed by atoms with E-state index in [0.717, 1.165) is 67.5 Å². The van der Waals surface area contributed by atoms with E-state index in [4.69, 9.17) is 18.9 Å². The van der Waals surface area contributed by atoms with Gasteiger partial charge in [0.2, 0.25) is 0 Å². The third-order valence-electron chi connectivity index (χ3n) is 11.9. The van der Waals surface area contributed by atoms with Crippen molar-refractivity contribution in [3.05, 3.63) is 165 Å². The molecule has 6 heteroatoms. The van der Waals surface area contributed by atoms with Crippen LogP contribution in [0, 0.1) is 60.8 Å². The molecule has 0 aliphatic heterocycles. The van der Waals surface area contributed by atoms with Gasteiger partial charge in [-0.3, -0.25) is 0 Å². The molecule has 2 atom stereocenters. The van der Waals surface area contributed by atoms with Gasteiger partial charge >= 0.3 is 0 Å². The molecule has 0 aliphatic carbocycles. The average Bonchev–Trinajstić information content (AvgIpc) is 3.18. The van der Waals surface area contributed by atoms with Gasteiger partial charge in [-0.25, -0.2) is 0 Å². The Hall–Kier alpha value is -4.62. The Kier molecular flexibility index (Phi) is 13.7. The molecule has 6 rings (SSSR count). The minimum Gasteiger partial charge on any atom is -0.496 e. The molecule has 0 radical (unpaired) electrons. The van der Waals surface area contributed by atoms with Crippen molar-refractivity contribution >= 4 is 37.1 Å². The number of benzene rings is 6. The Morgan fingerprint density at radius 3 is 0.746 bits per heavy atom. The first-order chi connectivity index (χ1) is 28.2. The number of methoxy groups -OCH3 is 4. The van der Waals surface area contributed by atoms with Crippen LogP contribution in [-0.2, 0) is 0 Å². The number of ether oxygens (including phenoxy) is 4. The SMILES string of the molecule is COc1c(C)cc(P(c2cc(C)c(OC)c(C)c2)C(c2ccccc2)C(C)(C)C(c2ccccc2)P(c2cc(C)c(OC)c(C)c2)c2cc(C)c(OC)c(C)c2)cc1C. The van der Waals surface area contributed by atoms with Gasteiger partial charge in [-0.1, -0.05) is 74.5 Å². The van der Waals surface area contributed by atoms with Gasteiger partial charge in [0, 0.05) is 11.3 Å². The van der Waals surface area contributed by atoms with Crippen molar-refractivity contribution in [1.82, 2.24) is 0 Å². The third-order valence-corrected chi connectivity index (χ3v) is 18.1. The topological polar surface area (TPSA) is 36.9 Å². The smallest absolute Gasteiger partial charge is 0.124 e. The van der Waals surface area contributed by atoms with Gasteiger partial charge < -0.3 is 18.9 Å². The molecule has 0 fully saturated rings. The molecule has 308 valence electrons. The summed E-state index contributed by atoms with van der Waals surface area (Å²) in [5.74, 6) is 3.79. The second kappa shape index (κ2) is 18.3. The molecule has 59 heavy (non-hydrogen) atoms. The maximum atomic E-state index is 5.97. The lowest BCUT2D eigenvalue weighted by Gasteiger charge is -2.49. The summed E-state index contributed by atoms with van der Waals surface area (Å²) in [4.78, 5) is 0. The van der Waals surface area contributed by atoms with Crippen LogP contribution < -0.4 is 40.2 Å². The number of rotatable bonds is 14. The van der Waals surface area contributed by atoms with Gasteiger partial charge in [-0.2, -0.15) is 0 Å². The summed E-state index contributed by atoms with van der Waals surface area (Å²) >= 11 is 0. The number of hydrogen-bond donors (Lipinski definition) is 0. The van der Waals surface area contributed by atoms with Crippen LogP contribution in [0.15, 0.2) is 109 Å². The minimum absolute atomic E-state index is 0.0779. The highest BCUT2D eigenvalue weighted by Crippen LogP contribution is 2.69. The van der Waals surface area contributed by atoms with Crippen molar-refractivity contribution in [3.8, 4) is 23.0 Å². The van der Waals surface area contributed by atoms with Crippen molar-refractivity contribution in [2.45, 2.75) is 80.6 Å².